The predicted molar refractivity (Wildman–Crippen MR) is 117 cm³/mol. The Kier molecular flexibility index (Phi) is 9.16. The van der Waals surface area contributed by atoms with Gasteiger partial charge in [0, 0.05) is 23.0 Å². The Bertz CT molecular complexity index is 963. The number of carbonyl (C=O) groups excluding carboxylic acids is 2. The first-order valence-corrected chi connectivity index (χ1v) is 10.4. The molecule has 2 aromatic carbocycles. The first kappa shape index (κ1) is 25.3. The summed E-state index contributed by atoms with van der Waals surface area (Å²) in [5.74, 6) is -3.94. The van der Waals surface area contributed by atoms with Gasteiger partial charge in [-0.3, -0.25) is 4.79 Å². The Morgan fingerprint density at radius 1 is 1.12 bits per heavy atom. The van der Waals surface area contributed by atoms with Gasteiger partial charge in [0.2, 0.25) is 0 Å². The third kappa shape index (κ3) is 7.62. The summed E-state index contributed by atoms with van der Waals surface area (Å²) < 4.78 is 19.0. The van der Waals surface area contributed by atoms with Crippen LogP contribution in [0.3, 0.4) is 0 Å². The number of aliphatic carboxylic acids is 1. The van der Waals surface area contributed by atoms with Crippen LogP contribution in [0.15, 0.2) is 42.5 Å². The molecule has 2 aromatic rings. The van der Waals surface area contributed by atoms with Crippen molar-refractivity contribution in [2.45, 2.75) is 38.8 Å². The predicted octanol–water partition coefficient (Wildman–Crippen LogP) is 3.21. The number of carboxylic acid groups (broad SMARTS) is 1. The second-order valence-electron chi connectivity index (χ2n) is 7.78. The van der Waals surface area contributed by atoms with Crippen LogP contribution in [0.4, 0.5) is 4.39 Å². The molecule has 0 aliphatic heterocycles. The lowest BCUT2D eigenvalue weighted by Crippen LogP contribution is -2.44. The monoisotopic (exact) mass is 465 g/mol. The van der Waals surface area contributed by atoms with E-state index in [1.807, 2.05) is 13.8 Å². The van der Waals surface area contributed by atoms with Gasteiger partial charge in [0.1, 0.15) is 5.82 Å². The molecule has 0 unspecified atom stereocenters. The zero-order valence-electron chi connectivity index (χ0n) is 17.7. The van der Waals surface area contributed by atoms with Crippen LogP contribution in [0.2, 0.25) is 5.02 Å². The Morgan fingerprint density at radius 2 is 1.78 bits per heavy atom. The van der Waals surface area contributed by atoms with Crippen molar-refractivity contribution in [2.24, 2.45) is 5.92 Å². The highest BCUT2D eigenvalue weighted by molar-refractivity contribution is 6.32. The van der Waals surface area contributed by atoms with Crippen molar-refractivity contribution in [3.8, 4) is 11.1 Å². The summed E-state index contributed by atoms with van der Waals surface area (Å²) in [4.78, 5) is 35.0. The van der Waals surface area contributed by atoms with Crippen molar-refractivity contribution in [1.29, 1.82) is 0 Å². The van der Waals surface area contributed by atoms with Crippen LogP contribution < -0.4 is 5.32 Å². The van der Waals surface area contributed by atoms with Crippen molar-refractivity contribution in [3.05, 3.63) is 58.9 Å². The second-order valence-corrected chi connectivity index (χ2v) is 8.21. The smallest absolute Gasteiger partial charge is 0.396 e. The van der Waals surface area contributed by atoms with Gasteiger partial charge in [-0.1, -0.05) is 49.7 Å². The number of carbonyl (C=O) groups is 3. The molecule has 9 heteroatoms. The number of rotatable bonds is 9. The van der Waals surface area contributed by atoms with E-state index >= 15 is 0 Å². The molecule has 0 aromatic heterocycles. The summed E-state index contributed by atoms with van der Waals surface area (Å²) in [6.07, 6.45) is -1.92. The molecule has 0 aliphatic rings. The maximum absolute atomic E-state index is 14.1. The van der Waals surface area contributed by atoms with Crippen LogP contribution in [0, 0.1) is 11.7 Å². The topological polar surface area (TPSA) is 113 Å². The lowest BCUT2D eigenvalue weighted by Gasteiger charge is -2.20. The first-order valence-electron chi connectivity index (χ1n) is 9.99. The van der Waals surface area contributed by atoms with Gasteiger partial charge >= 0.3 is 17.8 Å². The summed E-state index contributed by atoms with van der Waals surface area (Å²) >= 11 is 5.94. The first-order chi connectivity index (χ1) is 15.1. The van der Waals surface area contributed by atoms with Crippen molar-refractivity contribution in [1.82, 2.24) is 5.32 Å². The van der Waals surface area contributed by atoms with Crippen LogP contribution in [0.25, 0.3) is 11.1 Å². The summed E-state index contributed by atoms with van der Waals surface area (Å²) in [6, 6.07) is 10.0. The number of halogens is 2. The number of esters is 1. The van der Waals surface area contributed by atoms with E-state index in [9.17, 15) is 23.9 Å². The molecule has 0 spiro atoms. The number of aliphatic hydroxyl groups excluding tert-OH is 1. The number of hydrogen-bond donors (Lipinski definition) is 3. The fraction of sp³-hybridized carbons (Fsp3) is 0.348. The highest BCUT2D eigenvalue weighted by Gasteiger charge is 2.25. The summed E-state index contributed by atoms with van der Waals surface area (Å²) in [6.45, 7) is 3.70. The number of ether oxygens (including phenoxy) is 1. The number of nitrogens with one attached hydrogen (secondary N) is 1. The maximum Gasteiger partial charge on any atom is 0.396 e. The van der Waals surface area contributed by atoms with Crippen LogP contribution >= 0.6 is 11.6 Å². The maximum atomic E-state index is 14.1. The molecule has 0 fully saturated rings. The highest BCUT2D eigenvalue weighted by Crippen LogP contribution is 2.26. The number of benzene rings is 2. The Morgan fingerprint density at radius 3 is 2.38 bits per heavy atom. The molecule has 7 nitrogen and oxygen atoms in total. The van der Waals surface area contributed by atoms with Gasteiger partial charge in [0.25, 0.3) is 0 Å². The quantitative estimate of drug-likeness (QED) is 0.387. The fourth-order valence-corrected chi connectivity index (χ4v) is 3.11. The summed E-state index contributed by atoms with van der Waals surface area (Å²) in [5, 5.41) is 21.5. The molecule has 32 heavy (non-hydrogen) atoms. The number of hydrogen-bond acceptors (Lipinski definition) is 5. The molecular formula is C23H25ClFNO6. The van der Waals surface area contributed by atoms with E-state index < -0.39 is 35.8 Å². The third-order valence-electron chi connectivity index (χ3n) is 4.54. The Labute approximate surface area is 190 Å². The van der Waals surface area contributed by atoms with E-state index in [0.717, 1.165) is 0 Å². The molecule has 0 saturated carbocycles. The summed E-state index contributed by atoms with van der Waals surface area (Å²) in [7, 11) is 0. The molecule has 2 atom stereocenters. The Hall–Kier alpha value is -2.97. The number of aliphatic hydroxyl groups is 1. The van der Waals surface area contributed by atoms with E-state index in [0.29, 0.717) is 21.7 Å². The molecule has 172 valence electrons. The lowest BCUT2D eigenvalue weighted by molar-refractivity contribution is -0.156. The van der Waals surface area contributed by atoms with E-state index in [4.69, 9.17) is 21.4 Å². The van der Waals surface area contributed by atoms with Gasteiger partial charge in [-0.05, 0) is 41.7 Å². The fourth-order valence-electron chi connectivity index (χ4n) is 2.94. The van der Waals surface area contributed by atoms with Crippen molar-refractivity contribution in [2.75, 3.05) is 6.61 Å². The molecule has 0 bridgehead atoms. The average Bonchev–Trinajstić information content (AvgIpc) is 2.74. The molecule has 0 radical (unpaired) electrons. The van der Waals surface area contributed by atoms with Gasteiger partial charge < -0.3 is 20.3 Å². The summed E-state index contributed by atoms with van der Waals surface area (Å²) in [5.41, 5.74) is 1.58. The van der Waals surface area contributed by atoms with Crippen LogP contribution in [-0.2, 0) is 25.5 Å². The van der Waals surface area contributed by atoms with Crippen molar-refractivity contribution in [3.63, 3.8) is 0 Å². The van der Waals surface area contributed by atoms with Crippen LogP contribution in [-0.4, -0.2) is 46.8 Å². The van der Waals surface area contributed by atoms with Crippen LogP contribution in [0.1, 0.15) is 25.8 Å². The molecule has 0 saturated heterocycles. The van der Waals surface area contributed by atoms with Crippen molar-refractivity contribution >= 4 is 29.4 Å². The van der Waals surface area contributed by atoms with Crippen molar-refractivity contribution < 1.29 is 33.7 Å². The molecule has 0 aliphatic carbocycles. The largest absolute Gasteiger partial charge is 0.479 e. The van der Waals surface area contributed by atoms with E-state index in [1.54, 1.807) is 24.3 Å². The standard InChI is InChI=1S/C23H25ClFNO6/c1-13(2)12-32-23(31)21(28)26-17(11-20(27)22(29)30)9-14-3-5-15(6-4-14)18-10-16(24)7-8-19(18)25/h3-8,10,13,17,20,27H,9,11-12H2,1-2H3,(H,26,28)(H,29,30)/t17-,20-/m1/s1. The van der Waals surface area contributed by atoms with Gasteiger partial charge in [0.15, 0.2) is 6.10 Å². The molecule has 2 rings (SSSR count). The minimum atomic E-state index is -1.73. The van der Waals surface area contributed by atoms with Gasteiger partial charge in [-0.25, -0.2) is 14.0 Å². The second kappa shape index (κ2) is 11.6. The number of carboxylic acids is 1. The molecular weight excluding hydrogens is 441 g/mol. The van der Waals surface area contributed by atoms with Gasteiger partial charge in [0.05, 0.1) is 6.61 Å². The SMILES string of the molecule is CC(C)COC(=O)C(=O)N[C@H](Cc1ccc(-c2cc(Cl)ccc2F)cc1)C[C@@H](O)C(=O)O. The minimum Gasteiger partial charge on any atom is -0.479 e. The number of amides is 1. The van der Waals surface area contributed by atoms with Gasteiger partial charge in [-0.2, -0.15) is 0 Å². The molecule has 0 heterocycles. The molecule has 3 N–H and O–H groups in total. The zero-order valence-corrected chi connectivity index (χ0v) is 18.4. The Balaban J connectivity index is 2.14. The molecule has 1 amide bonds. The van der Waals surface area contributed by atoms with Crippen LogP contribution in [0.5, 0.6) is 0 Å². The van der Waals surface area contributed by atoms with E-state index in [1.165, 1.54) is 18.2 Å². The average molecular weight is 466 g/mol. The normalized spacial score (nSPS) is 12.8. The van der Waals surface area contributed by atoms with E-state index in [-0.39, 0.29) is 25.4 Å². The minimum absolute atomic E-state index is 0.0410. The van der Waals surface area contributed by atoms with Gasteiger partial charge in [-0.15, -0.1) is 0 Å². The lowest BCUT2D eigenvalue weighted by atomic mass is 9.97. The highest BCUT2D eigenvalue weighted by atomic mass is 35.5. The third-order valence-corrected chi connectivity index (χ3v) is 4.77. The van der Waals surface area contributed by atoms with E-state index in [2.05, 4.69) is 5.32 Å². The zero-order chi connectivity index (χ0) is 23.8.